The predicted octanol–water partition coefficient (Wildman–Crippen LogP) is 3.62. The number of benzene rings is 2. The summed E-state index contributed by atoms with van der Waals surface area (Å²) in [4.78, 5) is 25.2. The molecule has 3 rings (SSSR count). The lowest BCUT2D eigenvalue weighted by molar-refractivity contribution is 0.0315. The van der Waals surface area contributed by atoms with Gasteiger partial charge in [0.2, 0.25) is 5.78 Å². The number of aryl methyl sites for hydroxylation is 2. The van der Waals surface area contributed by atoms with Crippen LogP contribution in [0.2, 0.25) is 0 Å². The van der Waals surface area contributed by atoms with Gasteiger partial charge in [0, 0.05) is 5.56 Å². The van der Waals surface area contributed by atoms with Crippen LogP contribution in [0.4, 0.5) is 0 Å². The van der Waals surface area contributed by atoms with Gasteiger partial charge >= 0.3 is 5.97 Å². The Labute approximate surface area is 152 Å². The maximum atomic E-state index is 12.7. The molecule has 0 spiro atoms. The fraction of sp³-hybridized carbons (Fsp3) is 0.333. The Hall–Kier alpha value is -2.82. The summed E-state index contributed by atoms with van der Waals surface area (Å²) in [7, 11) is 2.95. The minimum atomic E-state index is -0.891. The van der Waals surface area contributed by atoms with E-state index in [1.54, 1.807) is 25.1 Å². The van der Waals surface area contributed by atoms with Gasteiger partial charge < -0.3 is 14.2 Å². The normalized spacial score (nSPS) is 13.7. The number of esters is 1. The summed E-state index contributed by atoms with van der Waals surface area (Å²) >= 11 is 0. The molecule has 0 aliphatic heterocycles. The van der Waals surface area contributed by atoms with Crippen LogP contribution in [0.25, 0.3) is 0 Å². The molecule has 26 heavy (non-hydrogen) atoms. The Morgan fingerprint density at radius 2 is 1.77 bits per heavy atom. The zero-order chi connectivity index (χ0) is 18.7. The van der Waals surface area contributed by atoms with Crippen LogP contribution in [0.1, 0.15) is 45.2 Å². The van der Waals surface area contributed by atoms with Crippen LogP contribution in [-0.2, 0) is 17.6 Å². The second-order valence-electron chi connectivity index (χ2n) is 6.29. The number of ether oxygens (including phenoxy) is 3. The predicted molar refractivity (Wildman–Crippen MR) is 97.2 cm³/mol. The number of carbonyl (C=O) groups is 2. The molecule has 0 bridgehead atoms. The second-order valence-corrected chi connectivity index (χ2v) is 6.29. The lowest BCUT2D eigenvalue weighted by Crippen LogP contribution is -2.25. The number of methoxy groups -OCH3 is 2. The van der Waals surface area contributed by atoms with Crippen LogP contribution in [-0.4, -0.2) is 32.1 Å². The number of rotatable bonds is 6. The molecule has 2 aromatic carbocycles. The molecular weight excluding hydrogens is 332 g/mol. The van der Waals surface area contributed by atoms with Crippen molar-refractivity contribution in [3.63, 3.8) is 0 Å². The molecule has 0 saturated carbocycles. The van der Waals surface area contributed by atoms with E-state index in [4.69, 9.17) is 14.2 Å². The molecule has 0 saturated heterocycles. The van der Waals surface area contributed by atoms with Gasteiger partial charge in [-0.1, -0.05) is 18.2 Å². The van der Waals surface area contributed by atoms with Crippen LogP contribution in [0.3, 0.4) is 0 Å². The Bertz CT molecular complexity index is 840. The van der Waals surface area contributed by atoms with Crippen molar-refractivity contribution in [1.82, 2.24) is 0 Å². The fourth-order valence-electron chi connectivity index (χ4n) is 3.29. The molecule has 1 aliphatic rings. The summed E-state index contributed by atoms with van der Waals surface area (Å²) in [6, 6.07) is 10.7. The third kappa shape index (κ3) is 3.43. The summed E-state index contributed by atoms with van der Waals surface area (Å²) in [6.07, 6.45) is 2.28. The SMILES string of the molecule is COc1cccc(C(=O)O[C@@H](C)C(=O)c2ccc3c(c2)CCC3)c1OC. The largest absolute Gasteiger partial charge is 0.493 e. The van der Waals surface area contributed by atoms with E-state index in [-0.39, 0.29) is 17.1 Å². The number of hydrogen-bond donors (Lipinski definition) is 0. The van der Waals surface area contributed by atoms with E-state index in [0.717, 1.165) is 19.3 Å². The maximum absolute atomic E-state index is 12.7. The van der Waals surface area contributed by atoms with Gasteiger partial charge in [-0.3, -0.25) is 4.79 Å². The lowest BCUT2D eigenvalue weighted by atomic mass is 10.0. The molecule has 0 fully saturated rings. The molecule has 5 nitrogen and oxygen atoms in total. The third-order valence-electron chi connectivity index (χ3n) is 4.66. The van der Waals surface area contributed by atoms with Gasteiger partial charge in [0.15, 0.2) is 17.6 Å². The highest BCUT2D eigenvalue weighted by Gasteiger charge is 2.24. The molecule has 0 N–H and O–H groups in total. The first-order valence-corrected chi connectivity index (χ1v) is 8.63. The van der Waals surface area contributed by atoms with Crippen molar-refractivity contribution in [2.45, 2.75) is 32.3 Å². The van der Waals surface area contributed by atoms with Gasteiger partial charge in [-0.05, 0) is 55.5 Å². The van der Waals surface area contributed by atoms with Crippen molar-refractivity contribution in [2.75, 3.05) is 14.2 Å². The van der Waals surface area contributed by atoms with Gasteiger partial charge in [0.25, 0.3) is 0 Å². The summed E-state index contributed by atoms with van der Waals surface area (Å²) in [5.74, 6) is -0.116. The van der Waals surface area contributed by atoms with Crippen LogP contribution < -0.4 is 9.47 Å². The second kappa shape index (κ2) is 7.60. The number of fused-ring (bicyclic) bond motifs is 1. The van der Waals surface area contributed by atoms with Crippen molar-refractivity contribution in [1.29, 1.82) is 0 Å². The summed E-state index contributed by atoms with van der Waals surface area (Å²) in [5.41, 5.74) is 3.31. The Balaban J connectivity index is 1.76. The highest BCUT2D eigenvalue weighted by Crippen LogP contribution is 2.31. The zero-order valence-corrected chi connectivity index (χ0v) is 15.2. The van der Waals surface area contributed by atoms with E-state index in [0.29, 0.717) is 11.3 Å². The van der Waals surface area contributed by atoms with Gasteiger partial charge in [-0.15, -0.1) is 0 Å². The number of Topliss-reactive ketones (excluding diaryl/α,β-unsaturated/α-hetero) is 1. The van der Waals surface area contributed by atoms with Crippen molar-refractivity contribution >= 4 is 11.8 Å². The fourth-order valence-corrected chi connectivity index (χ4v) is 3.29. The highest BCUT2D eigenvalue weighted by molar-refractivity contribution is 6.02. The molecule has 136 valence electrons. The molecule has 0 amide bonds. The topological polar surface area (TPSA) is 61.8 Å². The minimum absolute atomic E-state index is 0.213. The minimum Gasteiger partial charge on any atom is -0.493 e. The molecule has 0 radical (unpaired) electrons. The van der Waals surface area contributed by atoms with Gasteiger partial charge in [0.05, 0.1) is 14.2 Å². The average Bonchev–Trinajstić information content (AvgIpc) is 3.14. The van der Waals surface area contributed by atoms with E-state index < -0.39 is 12.1 Å². The monoisotopic (exact) mass is 354 g/mol. The smallest absolute Gasteiger partial charge is 0.342 e. The molecule has 1 aliphatic carbocycles. The standard InChI is InChI=1S/C21H22O5/c1-13(19(22)16-11-10-14-6-4-7-15(14)12-16)26-21(23)17-8-5-9-18(24-2)20(17)25-3/h5,8-13H,4,6-7H2,1-3H3/t13-/m0/s1. The maximum Gasteiger partial charge on any atom is 0.342 e. The van der Waals surface area contributed by atoms with Gasteiger partial charge in [0.1, 0.15) is 5.56 Å². The van der Waals surface area contributed by atoms with Crippen molar-refractivity contribution in [3.8, 4) is 11.5 Å². The van der Waals surface area contributed by atoms with Crippen molar-refractivity contribution < 1.29 is 23.8 Å². The first-order valence-electron chi connectivity index (χ1n) is 8.63. The molecule has 1 atom stereocenters. The van der Waals surface area contributed by atoms with Gasteiger partial charge in [-0.2, -0.15) is 0 Å². The van der Waals surface area contributed by atoms with Crippen molar-refractivity contribution in [2.24, 2.45) is 0 Å². The molecule has 0 aromatic heterocycles. The number of hydrogen-bond acceptors (Lipinski definition) is 5. The molecule has 5 heteroatoms. The Morgan fingerprint density at radius 1 is 1.00 bits per heavy atom. The first-order chi connectivity index (χ1) is 12.5. The van der Waals surface area contributed by atoms with E-state index >= 15 is 0 Å². The third-order valence-corrected chi connectivity index (χ3v) is 4.66. The van der Waals surface area contributed by atoms with Crippen LogP contribution in [0.15, 0.2) is 36.4 Å². The average molecular weight is 354 g/mol. The van der Waals surface area contributed by atoms with Crippen LogP contribution in [0, 0.1) is 0 Å². The van der Waals surface area contributed by atoms with E-state index in [1.165, 1.54) is 25.3 Å². The number of carbonyl (C=O) groups excluding carboxylic acids is 2. The molecule has 2 aromatic rings. The lowest BCUT2D eigenvalue weighted by Gasteiger charge is -2.15. The molecule has 0 unspecified atom stereocenters. The number of para-hydroxylation sites is 1. The van der Waals surface area contributed by atoms with Crippen molar-refractivity contribution in [3.05, 3.63) is 58.7 Å². The molecule has 0 heterocycles. The highest BCUT2D eigenvalue weighted by atomic mass is 16.6. The van der Waals surface area contributed by atoms with Gasteiger partial charge in [-0.25, -0.2) is 4.79 Å². The Kier molecular flexibility index (Phi) is 5.26. The van der Waals surface area contributed by atoms with Crippen LogP contribution >= 0.6 is 0 Å². The summed E-state index contributed by atoms with van der Waals surface area (Å²) < 4.78 is 15.8. The summed E-state index contributed by atoms with van der Waals surface area (Å²) in [5, 5.41) is 0. The first kappa shape index (κ1) is 18.0. The van der Waals surface area contributed by atoms with Crippen LogP contribution in [0.5, 0.6) is 11.5 Å². The van der Waals surface area contributed by atoms with E-state index in [2.05, 4.69) is 0 Å². The van der Waals surface area contributed by atoms with E-state index in [1.807, 2.05) is 18.2 Å². The summed E-state index contributed by atoms with van der Waals surface area (Å²) in [6.45, 7) is 1.58. The number of ketones is 1. The quantitative estimate of drug-likeness (QED) is 0.586. The molecular formula is C21H22O5. The van der Waals surface area contributed by atoms with E-state index in [9.17, 15) is 9.59 Å². The Morgan fingerprint density at radius 3 is 2.50 bits per heavy atom. The zero-order valence-electron chi connectivity index (χ0n) is 15.2.